The number of aromatic nitrogens is 1. The Morgan fingerprint density at radius 3 is 2.91 bits per heavy atom. The number of hydrogen-bond donors (Lipinski definition) is 1. The number of aryl methyl sites for hydroxylation is 1. The largest absolute Gasteiger partial charge is 0.464 e. The Morgan fingerprint density at radius 2 is 2.18 bits per heavy atom. The van der Waals surface area contributed by atoms with Crippen LogP contribution >= 0.6 is 0 Å². The van der Waals surface area contributed by atoms with Crippen LogP contribution in [0.5, 0.6) is 0 Å². The van der Waals surface area contributed by atoms with E-state index in [0.717, 1.165) is 18.1 Å². The summed E-state index contributed by atoms with van der Waals surface area (Å²) in [5.41, 5.74) is 0. The summed E-state index contributed by atoms with van der Waals surface area (Å²) in [6.07, 6.45) is 3.78. The number of nitrogens with zero attached hydrogens (tertiary/aromatic N) is 2. The molecule has 6 heteroatoms. The minimum atomic E-state index is -0.183. The molecule has 1 N–H and O–H groups in total. The Balaban J connectivity index is 1.49. The molecule has 6 nitrogen and oxygen atoms in total. The average molecular weight is 303 g/mol. The van der Waals surface area contributed by atoms with Crippen molar-refractivity contribution in [1.29, 1.82) is 0 Å². The number of urea groups is 1. The highest BCUT2D eigenvalue weighted by Crippen LogP contribution is 2.23. The van der Waals surface area contributed by atoms with Crippen molar-refractivity contribution in [3.05, 3.63) is 48.2 Å². The molecule has 22 heavy (non-hydrogen) atoms. The maximum atomic E-state index is 12.2. The number of carbonyl (C=O) groups excluding carboxylic acids is 1. The first kappa shape index (κ1) is 14.7. The number of morpholine rings is 1. The highest BCUT2D eigenvalue weighted by Gasteiger charge is 2.27. The third-order valence-electron chi connectivity index (χ3n) is 3.74. The standard InChI is InChI=1S/C16H21N3O3/c1-13-4-5-14(22-13)15-12-19(10-11-21-15)16(20)17-6-9-18-7-2-3-8-18/h2-5,7-8,15H,6,9-12H2,1H3,(H,17,20)/t15-/m0/s1. The van der Waals surface area contributed by atoms with Crippen LogP contribution in [0.3, 0.4) is 0 Å². The van der Waals surface area contributed by atoms with Gasteiger partial charge >= 0.3 is 6.03 Å². The molecule has 1 aliphatic rings. The molecule has 0 unspecified atom stereocenters. The Hall–Kier alpha value is -2.21. The summed E-state index contributed by atoms with van der Waals surface area (Å²) in [5, 5.41) is 2.95. The first-order chi connectivity index (χ1) is 10.7. The van der Waals surface area contributed by atoms with E-state index in [-0.39, 0.29) is 12.1 Å². The summed E-state index contributed by atoms with van der Waals surface area (Å²) in [5.74, 6) is 1.63. The van der Waals surface area contributed by atoms with Crippen LogP contribution in [-0.4, -0.2) is 41.7 Å². The lowest BCUT2D eigenvalue weighted by Crippen LogP contribution is -2.47. The number of amides is 2. The third-order valence-corrected chi connectivity index (χ3v) is 3.74. The van der Waals surface area contributed by atoms with Gasteiger partial charge < -0.3 is 23.9 Å². The van der Waals surface area contributed by atoms with Crippen LogP contribution in [0.2, 0.25) is 0 Å². The zero-order valence-electron chi connectivity index (χ0n) is 12.7. The van der Waals surface area contributed by atoms with E-state index in [1.54, 1.807) is 4.90 Å². The zero-order chi connectivity index (χ0) is 15.4. The number of ether oxygens (including phenoxy) is 1. The average Bonchev–Trinajstić information content (AvgIpc) is 3.19. The van der Waals surface area contributed by atoms with E-state index >= 15 is 0 Å². The molecular formula is C16H21N3O3. The molecule has 0 saturated carbocycles. The molecule has 1 atom stereocenters. The fraction of sp³-hybridized carbons (Fsp3) is 0.438. The minimum Gasteiger partial charge on any atom is -0.464 e. The Bertz CT molecular complexity index is 606. The molecule has 1 saturated heterocycles. The van der Waals surface area contributed by atoms with Gasteiger partial charge in [0.1, 0.15) is 17.6 Å². The molecule has 0 spiro atoms. The molecule has 3 heterocycles. The second-order valence-corrected chi connectivity index (χ2v) is 5.41. The minimum absolute atomic E-state index is 0.0521. The topological polar surface area (TPSA) is 59.6 Å². The van der Waals surface area contributed by atoms with Crippen LogP contribution in [0.25, 0.3) is 0 Å². The van der Waals surface area contributed by atoms with Crippen molar-refractivity contribution >= 4 is 6.03 Å². The molecule has 1 aliphatic heterocycles. The molecule has 0 bridgehead atoms. The number of nitrogens with one attached hydrogen (secondary N) is 1. The number of furan rings is 1. The lowest BCUT2D eigenvalue weighted by molar-refractivity contribution is -0.0263. The van der Waals surface area contributed by atoms with Crippen LogP contribution in [-0.2, 0) is 11.3 Å². The maximum absolute atomic E-state index is 12.2. The van der Waals surface area contributed by atoms with Crippen molar-refractivity contribution in [3.63, 3.8) is 0 Å². The molecule has 3 rings (SSSR count). The van der Waals surface area contributed by atoms with Crippen LogP contribution in [0, 0.1) is 6.92 Å². The second-order valence-electron chi connectivity index (χ2n) is 5.41. The number of rotatable bonds is 4. The van der Waals surface area contributed by atoms with Crippen LogP contribution < -0.4 is 5.32 Å². The van der Waals surface area contributed by atoms with Crippen molar-refractivity contribution in [3.8, 4) is 0 Å². The van der Waals surface area contributed by atoms with E-state index in [4.69, 9.17) is 9.15 Å². The van der Waals surface area contributed by atoms with Crippen LogP contribution in [0.1, 0.15) is 17.6 Å². The number of hydrogen-bond acceptors (Lipinski definition) is 3. The second kappa shape index (κ2) is 6.70. The predicted octanol–water partition coefficient (Wildman–Crippen LogP) is 2.17. The van der Waals surface area contributed by atoms with Gasteiger partial charge in [-0.2, -0.15) is 0 Å². The summed E-state index contributed by atoms with van der Waals surface area (Å²) in [7, 11) is 0. The van der Waals surface area contributed by atoms with Crippen LogP contribution in [0.15, 0.2) is 41.1 Å². The molecule has 2 aromatic rings. The molecular weight excluding hydrogens is 282 g/mol. The molecule has 0 aromatic carbocycles. The molecule has 0 aliphatic carbocycles. The van der Waals surface area contributed by atoms with Gasteiger partial charge in [-0.3, -0.25) is 0 Å². The quantitative estimate of drug-likeness (QED) is 0.941. The number of carbonyl (C=O) groups is 1. The van der Waals surface area contributed by atoms with Crippen LogP contribution in [0.4, 0.5) is 4.79 Å². The van der Waals surface area contributed by atoms with E-state index in [2.05, 4.69) is 5.32 Å². The summed E-state index contributed by atoms with van der Waals surface area (Å²) >= 11 is 0. The highest BCUT2D eigenvalue weighted by atomic mass is 16.5. The van der Waals surface area contributed by atoms with Crippen molar-refractivity contribution in [1.82, 2.24) is 14.8 Å². The molecule has 1 fully saturated rings. The third kappa shape index (κ3) is 3.51. The van der Waals surface area contributed by atoms with Crippen molar-refractivity contribution < 1.29 is 13.9 Å². The molecule has 2 aromatic heterocycles. The normalized spacial score (nSPS) is 18.4. The summed E-state index contributed by atoms with van der Waals surface area (Å²) in [6, 6.07) is 7.71. The Kier molecular flexibility index (Phi) is 4.48. The van der Waals surface area contributed by atoms with E-state index in [1.165, 1.54) is 0 Å². The van der Waals surface area contributed by atoms with Gasteiger partial charge in [-0.25, -0.2) is 4.79 Å². The van der Waals surface area contributed by atoms with Gasteiger partial charge in [0, 0.05) is 32.0 Å². The Morgan fingerprint density at radius 1 is 1.36 bits per heavy atom. The van der Waals surface area contributed by atoms with Gasteiger partial charge in [0.05, 0.1) is 13.2 Å². The van der Waals surface area contributed by atoms with E-state index in [9.17, 15) is 4.79 Å². The summed E-state index contributed by atoms with van der Waals surface area (Å²) in [4.78, 5) is 14.0. The lowest BCUT2D eigenvalue weighted by atomic mass is 10.2. The summed E-state index contributed by atoms with van der Waals surface area (Å²) < 4.78 is 13.3. The fourth-order valence-corrected chi connectivity index (χ4v) is 2.56. The van der Waals surface area contributed by atoms with Crippen molar-refractivity contribution in [2.24, 2.45) is 0 Å². The highest BCUT2D eigenvalue weighted by molar-refractivity contribution is 5.74. The van der Waals surface area contributed by atoms with E-state index in [0.29, 0.717) is 26.2 Å². The SMILES string of the molecule is Cc1ccc([C@@H]2CN(C(=O)NCCn3cccc3)CCO2)o1. The zero-order valence-corrected chi connectivity index (χ0v) is 12.7. The lowest BCUT2D eigenvalue weighted by Gasteiger charge is -2.32. The van der Waals surface area contributed by atoms with Gasteiger partial charge in [0.2, 0.25) is 0 Å². The fourth-order valence-electron chi connectivity index (χ4n) is 2.56. The van der Waals surface area contributed by atoms with E-state index in [1.807, 2.05) is 48.1 Å². The summed E-state index contributed by atoms with van der Waals surface area (Å²) in [6.45, 7) is 4.92. The van der Waals surface area contributed by atoms with Gasteiger partial charge in [-0.1, -0.05) is 0 Å². The molecule has 118 valence electrons. The van der Waals surface area contributed by atoms with Gasteiger partial charge in [0.25, 0.3) is 0 Å². The van der Waals surface area contributed by atoms with Crippen molar-refractivity contribution in [2.45, 2.75) is 19.6 Å². The monoisotopic (exact) mass is 303 g/mol. The predicted molar refractivity (Wildman–Crippen MR) is 81.5 cm³/mol. The van der Waals surface area contributed by atoms with Gasteiger partial charge in [-0.05, 0) is 31.2 Å². The van der Waals surface area contributed by atoms with Gasteiger partial charge in [0.15, 0.2) is 0 Å². The Labute approximate surface area is 129 Å². The first-order valence-corrected chi connectivity index (χ1v) is 7.54. The smallest absolute Gasteiger partial charge is 0.317 e. The molecule has 2 amide bonds. The van der Waals surface area contributed by atoms with E-state index < -0.39 is 0 Å². The first-order valence-electron chi connectivity index (χ1n) is 7.54. The van der Waals surface area contributed by atoms with Gasteiger partial charge in [-0.15, -0.1) is 0 Å². The van der Waals surface area contributed by atoms with Crippen molar-refractivity contribution in [2.75, 3.05) is 26.2 Å². The maximum Gasteiger partial charge on any atom is 0.317 e. The molecule has 0 radical (unpaired) electrons.